The van der Waals surface area contributed by atoms with Crippen molar-refractivity contribution < 1.29 is 9.59 Å². The van der Waals surface area contributed by atoms with E-state index in [4.69, 9.17) is 5.73 Å². The number of hydrogen-bond acceptors (Lipinski definition) is 3. The standard InChI is InChI=1S/C22H26N2O2.ClH/c23-15-19-7-4-8-20(19)24-22(26)14-13-21(25)18-11-9-17(10-12-18)16-5-2-1-3-6-16;/h1-3,5-6,9-12,19-20H,4,7-8,13-15,23H2,(H,24,26);1H. The first-order chi connectivity index (χ1) is 12.7. The largest absolute Gasteiger partial charge is 0.353 e. The minimum absolute atomic E-state index is 0. The lowest BCUT2D eigenvalue weighted by Gasteiger charge is -2.19. The predicted octanol–water partition coefficient (Wildman–Crippen LogP) is 3.98. The Morgan fingerprint density at radius 2 is 1.59 bits per heavy atom. The lowest BCUT2D eigenvalue weighted by molar-refractivity contribution is -0.122. The Hall–Kier alpha value is -2.17. The molecule has 0 radical (unpaired) electrons. The van der Waals surface area contributed by atoms with Gasteiger partial charge in [-0.2, -0.15) is 0 Å². The molecule has 27 heavy (non-hydrogen) atoms. The highest BCUT2D eigenvalue weighted by Gasteiger charge is 2.27. The van der Waals surface area contributed by atoms with E-state index in [-0.39, 0.29) is 43.0 Å². The molecule has 0 bridgehead atoms. The second kappa shape index (κ2) is 10.2. The van der Waals surface area contributed by atoms with E-state index in [2.05, 4.69) is 5.32 Å². The number of nitrogens with two attached hydrogens (primary N) is 1. The van der Waals surface area contributed by atoms with Crippen molar-refractivity contribution in [3.05, 3.63) is 60.2 Å². The first kappa shape index (κ1) is 21.1. The van der Waals surface area contributed by atoms with Gasteiger partial charge in [0.15, 0.2) is 5.78 Å². The summed E-state index contributed by atoms with van der Waals surface area (Å²) in [6.45, 7) is 0.609. The number of halogens is 1. The number of carbonyl (C=O) groups is 2. The van der Waals surface area contributed by atoms with Gasteiger partial charge in [0, 0.05) is 24.4 Å². The zero-order valence-electron chi connectivity index (χ0n) is 15.4. The minimum atomic E-state index is -0.0513. The summed E-state index contributed by atoms with van der Waals surface area (Å²) in [5, 5.41) is 3.05. The Morgan fingerprint density at radius 3 is 2.26 bits per heavy atom. The molecule has 5 heteroatoms. The summed E-state index contributed by atoms with van der Waals surface area (Å²) in [6.07, 6.45) is 3.64. The van der Waals surface area contributed by atoms with E-state index < -0.39 is 0 Å². The minimum Gasteiger partial charge on any atom is -0.353 e. The van der Waals surface area contributed by atoms with Crippen molar-refractivity contribution in [3.63, 3.8) is 0 Å². The van der Waals surface area contributed by atoms with Crippen LogP contribution in [-0.4, -0.2) is 24.3 Å². The molecule has 3 N–H and O–H groups in total. The van der Waals surface area contributed by atoms with Crippen molar-refractivity contribution in [1.29, 1.82) is 0 Å². The van der Waals surface area contributed by atoms with Crippen molar-refractivity contribution in [2.45, 2.75) is 38.1 Å². The van der Waals surface area contributed by atoms with Crippen LogP contribution in [0.1, 0.15) is 42.5 Å². The summed E-state index contributed by atoms with van der Waals surface area (Å²) >= 11 is 0. The third kappa shape index (κ3) is 5.65. The third-order valence-corrected chi connectivity index (χ3v) is 5.20. The van der Waals surface area contributed by atoms with Gasteiger partial charge in [0.1, 0.15) is 0 Å². The first-order valence-electron chi connectivity index (χ1n) is 9.35. The molecule has 1 saturated carbocycles. The predicted molar refractivity (Wildman–Crippen MR) is 111 cm³/mol. The molecule has 0 heterocycles. The Bertz CT molecular complexity index is 747. The molecule has 0 spiro atoms. The zero-order valence-corrected chi connectivity index (χ0v) is 16.2. The van der Waals surface area contributed by atoms with Gasteiger partial charge in [-0.05, 0) is 36.4 Å². The molecule has 1 aliphatic rings. The fourth-order valence-corrected chi connectivity index (χ4v) is 3.64. The molecule has 0 aromatic heterocycles. The molecular weight excluding hydrogens is 360 g/mol. The Labute approximate surface area is 166 Å². The lowest BCUT2D eigenvalue weighted by atomic mass is 10.0. The molecular formula is C22H27ClN2O2. The summed E-state index contributed by atoms with van der Waals surface area (Å²) in [5.41, 5.74) is 8.60. The summed E-state index contributed by atoms with van der Waals surface area (Å²) in [7, 11) is 0. The Kier molecular flexibility index (Phi) is 8.01. The zero-order chi connectivity index (χ0) is 18.4. The molecule has 0 aliphatic heterocycles. The van der Waals surface area contributed by atoms with E-state index in [0.29, 0.717) is 18.0 Å². The summed E-state index contributed by atoms with van der Waals surface area (Å²) in [6, 6.07) is 17.8. The highest BCUT2D eigenvalue weighted by atomic mass is 35.5. The van der Waals surface area contributed by atoms with E-state index >= 15 is 0 Å². The topological polar surface area (TPSA) is 72.2 Å². The number of amides is 1. The number of benzene rings is 2. The monoisotopic (exact) mass is 386 g/mol. The molecule has 2 unspecified atom stereocenters. The van der Waals surface area contributed by atoms with Crippen molar-refractivity contribution in [2.75, 3.05) is 6.54 Å². The van der Waals surface area contributed by atoms with Gasteiger partial charge in [-0.1, -0.05) is 61.0 Å². The van der Waals surface area contributed by atoms with Crippen molar-refractivity contribution in [2.24, 2.45) is 11.7 Å². The molecule has 4 nitrogen and oxygen atoms in total. The van der Waals surface area contributed by atoms with Gasteiger partial charge in [-0.3, -0.25) is 9.59 Å². The van der Waals surface area contributed by atoms with E-state index in [1.807, 2.05) is 54.6 Å². The average Bonchev–Trinajstić information content (AvgIpc) is 3.14. The SMILES string of the molecule is Cl.NCC1CCCC1NC(=O)CCC(=O)c1ccc(-c2ccccc2)cc1. The highest BCUT2D eigenvalue weighted by molar-refractivity contribution is 5.98. The van der Waals surface area contributed by atoms with Gasteiger partial charge < -0.3 is 11.1 Å². The molecule has 3 rings (SSSR count). The Balaban J connectivity index is 0.00000261. The van der Waals surface area contributed by atoms with E-state index in [1.165, 1.54) is 0 Å². The maximum absolute atomic E-state index is 12.4. The number of Topliss-reactive ketones (excluding diaryl/α,β-unsaturated/α-hetero) is 1. The summed E-state index contributed by atoms with van der Waals surface area (Å²) < 4.78 is 0. The second-order valence-electron chi connectivity index (χ2n) is 6.97. The molecule has 1 aliphatic carbocycles. The van der Waals surface area contributed by atoms with Gasteiger partial charge in [-0.25, -0.2) is 0 Å². The molecule has 1 fully saturated rings. The van der Waals surface area contributed by atoms with Crippen LogP contribution in [0, 0.1) is 5.92 Å². The van der Waals surface area contributed by atoms with Crippen molar-refractivity contribution in [1.82, 2.24) is 5.32 Å². The number of carbonyl (C=O) groups excluding carboxylic acids is 2. The van der Waals surface area contributed by atoms with Gasteiger partial charge >= 0.3 is 0 Å². The van der Waals surface area contributed by atoms with Gasteiger partial charge in [0.2, 0.25) is 5.91 Å². The first-order valence-corrected chi connectivity index (χ1v) is 9.35. The highest BCUT2D eigenvalue weighted by Crippen LogP contribution is 2.24. The fraction of sp³-hybridized carbons (Fsp3) is 0.364. The molecule has 0 saturated heterocycles. The number of nitrogens with one attached hydrogen (secondary N) is 1. The molecule has 144 valence electrons. The van der Waals surface area contributed by atoms with Crippen LogP contribution >= 0.6 is 12.4 Å². The van der Waals surface area contributed by atoms with Crippen molar-refractivity contribution in [3.8, 4) is 11.1 Å². The maximum Gasteiger partial charge on any atom is 0.220 e. The van der Waals surface area contributed by atoms with E-state index in [9.17, 15) is 9.59 Å². The van der Waals surface area contributed by atoms with Gasteiger partial charge in [-0.15, -0.1) is 12.4 Å². The average molecular weight is 387 g/mol. The molecule has 1 amide bonds. The normalized spacial score (nSPS) is 18.6. The summed E-state index contributed by atoms with van der Waals surface area (Å²) in [5.74, 6) is 0.325. The van der Waals surface area contributed by atoms with Gasteiger partial charge in [0.05, 0.1) is 0 Å². The van der Waals surface area contributed by atoms with Crippen molar-refractivity contribution >= 4 is 24.1 Å². The van der Waals surface area contributed by atoms with Crippen LogP contribution < -0.4 is 11.1 Å². The van der Waals surface area contributed by atoms with Gasteiger partial charge in [0.25, 0.3) is 0 Å². The fourth-order valence-electron chi connectivity index (χ4n) is 3.64. The molecule has 2 aromatic carbocycles. The smallest absolute Gasteiger partial charge is 0.220 e. The second-order valence-corrected chi connectivity index (χ2v) is 6.97. The van der Waals surface area contributed by atoms with Crippen LogP contribution in [0.4, 0.5) is 0 Å². The van der Waals surface area contributed by atoms with Crippen LogP contribution in [0.2, 0.25) is 0 Å². The maximum atomic E-state index is 12.4. The van der Waals surface area contributed by atoms with Crippen LogP contribution in [0.15, 0.2) is 54.6 Å². The van der Waals surface area contributed by atoms with E-state index in [0.717, 1.165) is 30.4 Å². The number of ketones is 1. The molecule has 2 aromatic rings. The van der Waals surface area contributed by atoms with Crippen LogP contribution in [0.5, 0.6) is 0 Å². The number of hydrogen-bond donors (Lipinski definition) is 2. The van der Waals surface area contributed by atoms with Crippen LogP contribution in [0.3, 0.4) is 0 Å². The summed E-state index contributed by atoms with van der Waals surface area (Å²) in [4.78, 5) is 24.5. The van der Waals surface area contributed by atoms with Crippen LogP contribution in [0.25, 0.3) is 11.1 Å². The van der Waals surface area contributed by atoms with E-state index in [1.54, 1.807) is 0 Å². The molecule has 2 atom stereocenters. The van der Waals surface area contributed by atoms with Crippen LogP contribution in [-0.2, 0) is 4.79 Å². The lowest BCUT2D eigenvalue weighted by Crippen LogP contribution is -2.39. The number of rotatable bonds is 7. The quantitative estimate of drug-likeness (QED) is 0.707. The Morgan fingerprint density at radius 1 is 0.926 bits per heavy atom. The third-order valence-electron chi connectivity index (χ3n) is 5.20.